The van der Waals surface area contributed by atoms with Gasteiger partial charge in [-0.3, -0.25) is 19.1 Å². The van der Waals surface area contributed by atoms with Crippen molar-refractivity contribution in [3.63, 3.8) is 0 Å². The van der Waals surface area contributed by atoms with Gasteiger partial charge in [0, 0.05) is 58.0 Å². The standard InChI is InChI=1S/C22H30N4O3S/c1-29-14-4-9-26-21(28)18-8-7-16(15-19(18)23-22(26)30)20(27)25-12-10-24(11-13-25)17-5-2-3-6-17/h7-8,15,17H,2-6,9-14H2,1H3,(H,23,30). The summed E-state index contributed by atoms with van der Waals surface area (Å²) >= 11 is 5.38. The fourth-order valence-electron chi connectivity index (χ4n) is 4.70. The summed E-state index contributed by atoms with van der Waals surface area (Å²) in [7, 11) is 1.64. The van der Waals surface area contributed by atoms with Crippen molar-refractivity contribution >= 4 is 29.0 Å². The van der Waals surface area contributed by atoms with E-state index in [1.54, 1.807) is 29.9 Å². The van der Waals surface area contributed by atoms with Crippen LogP contribution in [0.1, 0.15) is 42.5 Å². The molecule has 8 heteroatoms. The van der Waals surface area contributed by atoms with Crippen molar-refractivity contribution in [3.05, 3.63) is 38.9 Å². The number of amides is 1. The van der Waals surface area contributed by atoms with Crippen LogP contribution < -0.4 is 5.56 Å². The second kappa shape index (κ2) is 9.41. The number of aromatic nitrogens is 2. The van der Waals surface area contributed by atoms with E-state index in [-0.39, 0.29) is 11.5 Å². The lowest BCUT2D eigenvalue weighted by Crippen LogP contribution is -2.51. The van der Waals surface area contributed by atoms with E-state index in [0.29, 0.717) is 46.9 Å². The molecular weight excluding hydrogens is 400 g/mol. The molecule has 4 rings (SSSR count). The maximum absolute atomic E-state index is 13.1. The number of methoxy groups -OCH3 is 1. The molecule has 2 heterocycles. The number of nitrogens with one attached hydrogen (secondary N) is 1. The van der Waals surface area contributed by atoms with Gasteiger partial charge in [0.25, 0.3) is 11.5 Å². The summed E-state index contributed by atoms with van der Waals surface area (Å²) < 4.78 is 6.99. The second-order valence-electron chi connectivity index (χ2n) is 8.26. The average Bonchev–Trinajstić information content (AvgIpc) is 3.30. The lowest BCUT2D eigenvalue weighted by Gasteiger charge is -2.38. The van der Waals surface area contributed by atoms with Crippen LogP contribution in [-0.2, 0) is 11.3 Å². The number of piperazine rings is 1. The average molecular weight is 431 g/mol. The van der Waals surface area contributed by atoms with Crippen LogP contribution in [-0.4, -0.2) is 71.2 Å². The normalized spacial score (nSPS) is 18.4. The largest absolute Gasteiger partial charge is 0.385 e. The highest BCUT2D eigenvalue weighted by atomic mass is 32.1. The minimum absolute atomic E-state index is 0.0200. The molecule has 162 valence electrons. The maximum Gasteiger partial charge on any atom is 0.262 e. The molecule has 2 aromatic rings. The van der Waals surface area contributed by atoms with E-state index in [1.165, 1.54) is 25.7 Å². The van der Waals surface area contributed by atoms with Crippen LogP contribution in [0.5, 0.6) is 0 Å². The van der Waals surface area contributed by atoms with E-state index in [2.05, 4.69) is 9.88 Å². The summed E-state index contributed by atoms with van der Waals surface area (Å²) in [6, 6.07) is 5.95. The highest BCUT2D eigenvalue weighted by Gasteiger charge is 2.28. The van der Waals surface area contributed by atoms with Crippen LogP contribution in [0.15, 0.2) is 23.0 Å². The molecule has 1 saturated heterocycles. The van der Waals surface area contributed by atoms with Crippen molar-refractivity contribution in [2.24, 2.45) is 0 Å². The number of ether oxygens (including phenoxy) is 1. The number of nitrogens with zero attached hydrogens (tertiary/aromatic N) is 3. The van der Waals surface area contributed by atoms with E-state index >= 15 is 0 Å². The second-order valence-corrected chi connectivity index (χ2v) is 8.65. The number of benzene rings is 1. The summed E-state index contributed by atoms with van der Waals surface area (Å²) in [6.45, 7) is 4.47. The van der Waals surface area contributed by atoms with Crippen molar-refractivity contribution in [2.45, 2.75) is 44.7 Å². The molecule has 1 aliphatic heterocycles. The van der Waals surface area contributed by atoms with Crippen molar-refractivity contribution in [1.29, 1.82) is 0 Å². The number of hydrogen-bond donors (Lipinski definition) is 1. The molecule has 1 amide bonds. The molecule has 2 fully saturated rings. The van der Waals surface area contributed by atoms with Gasteiger partial charge in [0.1, 0.15) is 0 Å². The van der Waals surface area contributed by atoms with Crippen LogP contribution >= 0.6 is 12.2 Å². The van der Waals surface area contributed by atoms with Crippen LogP contribution in [0.2, 0.25) is 0 Å². The number of aromatic amines is 1. The number of hydrogen-bond acceptors (Lipinski definition) is 5. The number of carbonyl (C=O) groups excluding carboxylic acids is 1. The van der Waals surface area contributed by atoms with Crippen molar-refractivity contribution in [3.8, 4) is 0 Å². The van der Waals surface area contributed by atoms with E-state index in [1.807, 2.05) is 4.90 Å². The summed E-state index contributed by atoms with van der Waals surface area (Å²) in [4.78, 5) is 33.5. The van der Waals surface area contributed by atoms with Gasteiger partial charge in [0.05, 0.1) is 10.9 Å². The highest BCUT2D eigenvalue weighted by molar-refractivity contribution is 7.71. The molecular formula is C22H30N4O3S. The number of H-pyrrole nitrogens is 1. The zero-order valence-electron chi connectivity index (χ0n) is 17.6. The maximum atomic E-state index is 13.1. The zero-order valence-corrected chi connectivity index (χ0v) is 18.4. The van der Waals surface area contributed by atoms with Crippen LogP contribution in [0.3, 0.4) is 0 Å². The fraction of sp³-hybridized carbons (Fsp3) is 0.591. The Labute approximate surface area is 181 Å². The molecule has 0 spiro atoms. The number of carbonyl (C=O) groups is 1. The van der Waals surface area contributed by atoms with Gasteiger partial charge in [-0.2, -0.15) is 0 Å². The highest BCUT2D eigenvalue weighted by Crippen LogP contribution is 2.24. The summed E-state index contributed by atoms with van der Waals surface area (Å²) in [5, 5.41) is 0.545. The zero-order chi connectivity index (χ0) is 21.1. The molecule has 1 aliphatic carbocycles. The fourth-order valence-corrected chi connectivity index (χ4v) is 4.98. The summed E-state index contributed by atoms with van der Waals surface area (Å²) in [5.41, 5.74) is 1.08. The Hall–Kier alpha value is -2.03. The number of fused-ring (bicyclic) bond motifs is 1. The quantitative estimate of drug-likeness (QED) is 0.564. The molecule has 1 aromatic carbocycles. The first-order valence-corrected chi connectivity index (χ1v) is 11.3. The summed E-state index contributed by atoms with van der Waals surface area (Å²) in [5.74, 6) is 0.0200. The van der Waals surface area contributed by atoms with Gasteiger partial charge >= 0.3 is 0 Å². The molecule has 30 heavy (non-hydrogen) atoms. The monoisotopic (exact) mass is 430 g/mol. The van der Waals surface area contributed by atoms with Crippen LogP contribution in [0, 0.1) is 4.77 Å². The van der Waals surface area contributed by atoms with E-state index in [4.69, 9.17) is 17.0 Å². The lowest BCUT2D eigenvalue weighted by molar-refractivity contribution is 0.0573. The molecule has 0 atom stereocenters. The Bertz CT molecular complexity index is 1020. The Kier molecular flexibility index (Phi) is 6.65. The third-order valence-electron chi connectivity index (χ3n) is 6.40. The topological polar surface area (TPSA) is 70.6 Å². The first-order chi connectivity index (χ1) is 14.6. The van der Waals surface area contributed by atoms with Gasteiger partial charge in [-0.15, -0.1) is 0 Å². The predicted octanol–water partition coefficient (Wildman–Crippen LogP) is 2.80. The Morgan fingerprint density at radius 3 is 2.63 bits per heavy atom. The molecule has 1 saturated carbocycles. The van der Waals surface area contributed by atoms with Gasteiger partial charge < -0.3 is 14.6 Å². The molecule has 0 unspecified atom stereocenters. The Balaban J connectivity index is 1.49. The van der Waals surface area contributed by atoms with Gasteiger partial charge in [0.15, 0.2) is 4.77 Å². The molecule has 0 bridgehead atoms. The van der Waals surface area contributed by atoms with Gasteiger partial charge in [0.2, 0.25) is 0 Å². The molecule has 2 aliphatic rings. The van der Waals surface area contributed by atoms with Gasteiger partial charge in [-0.1, -0.05) is 12.8 Å². The SMILES string of the molecule is COCCCn1c(=S)[nH]c2cc(C(=O)N3CCN(C4CCCC4)CC3)ccc2c1=O. The van der Waals surface area contributed by atoms with Crippen molar-refractivity contribution in [1.82, 2.24) is 19.4 Å². The van der Waals surface area contributed by atoms with Crippen molar-refractivity contribution < 1.29 is 9.53 Å². The van der Waals surface area contributed by atoms with Crippen LogP contribution in [0.25, 0.3) is 10.9 Å². The third-order valence-corrected chi connectivity index (χ3v) is 6.72. The minimum atomic E-state index is -0.131. The molecule has 7 nitrogen and oxygen atoms in total. The molecule has 1 aromatic heterocycles. The minimum Gasteiger partial charge on any atom is -0.385 e. The van der Waals surface area contributed by atoms with E-state index in [0.717, 1.165) is 26.2 Å². The van der Waals surface area contributed by atoms with E-state index in [9.17, 15) is 9.59 Å². The first-order valence-electron chi connectivity index (χ1n) is 10.9. The smallest absolute Gasteiger partial charge is 0.262 e. The van der Waals surface area contributed by atoms with E-state index < -0.39 is 0 Å². The first kappa shape index (κ1) is 21.2. The lowest BCUT2D eigenvalue weighted by atomic mass is 10.1. The summed E-state index contributed by atoms with van der Waals surface area (Å²) in [6.07, 6.45) is 5.96. The predicted molar refractivity (Wildman–Crippen MR) is 120 cm³/mol. The van der Waals surface area contributed by atoms with Crippen LogP contribution in [0.4, 0.5) is 0 Å². The third kappa shape index (κ3) is 4.36. The molecule has 0 radical (unpaired) electrons. The van der Waals surface area contributed by atoms with Crippen molar-refractivity contribution in [2.75, 3.05) is 39.9 Å². The Morgan fingerprint density at radius 2 is 1.93 bits per heavy atom. The van der Waals surface area contributed by atoms with Gasteiger partial charge in [-0.05, 0) is 49.7 Å². The Morgan fingerprint density at radius 1 is 1.20 bits per heavy atom. The number of rotatable bonds is 6. The molecule has 1 N–H and O–H groups in total. The van der Waals surface area contributed by atoms with Gasteiger partial charge in [-0.25, -0.2) is 0 Å².